The van der Waals surface area contributed by atoms with Crippen molar-refractivity contribution < 1.29 is 14.7 Å². The maximum atomic E-state index is 11.6. The SMILES string of the molecule is CC(CC(=O)O)CC(=O)Nc1ccccc1Br. The van der Waals surface area contributed by atoms with Gasteiger partial charge in [0.05, 0.1) is 5.69 Å². The van der Waals surface area contributed by atoms with Crippen molar-refractivity contribution in [3.8, 4) is 0 Å². The first-order chi connectivity index (χ1) is 7.99. The van der Waals surface area contributed by atoms with Gasteiger partial charge in [-0.3, -0.25) is 9.59 Å². The molecule has 92 valence electrons. The predicted octanol–water partition coefficient (Wildman–Crippen LogP) is 2.89. The molecule has 0 radical (unpaired) electrons. The molecule has 0 bridgehead atoms. The van der Waals surface area contributed by atoms with E-state index in [1.807, 2.05) is 18.2 Å². The van der Waals surface area contributed by atoms with Crippen molar-refractivity contribution >= 4 is 33.5 Å². The molecule has 17 heavy (non-hydrogen) atoms. The van der Waals surface area contributed by atoms with E-state index in [-0.39, 0.29) is 24.7 Å². The second kappa shape index (κ2) is 6.39. The molecular weight excluding hydrogens is 286 g/mol. The zero-order valence-electron chi connectivity index (χ0n) is 9.44. The van der Waals surface area contributed by atoms with Gasteiger partial charge in [0.1, 0.15) is 0 Å². The Bertz CT molecular complexity index is 420. The van der Waals surface area contributed by atoms with Gasteiger partial charge in [0.2, 0.25) is 5.91 Å². The first kappa shape index (κ1) is 13.7. The monoisotopic (exact) mass is 299 g/mol. The summed E-state index contributed by atoms with van der Waals surface area (Å²) in [5.74, 6) is -1.23. The molecule has 0 fully saturated rings. The van der Waals surface area contributed by atoms with E-state index in [2.05, 4.69) is 21.2 Å². The molecule has 0 saturated carbocycles. The highest BCUT2D eigenvalue weighted by Crippen LogP contribution is 2.21. The topological polar surface area (TPSA) is 66.4 Å². The molecule has 0 spiro atoms. The van der Waals surface area contributed by atoms with Crippen LogP contribution in [0.4, 0.5) is 5.69 Å². The molecule has 2 N–H and O–H groups in total. The molecule has 1 aromatic carbocycles. The van der Waals surface area contributed by atoms with Crippen LogP contribution in [-0.2, 0) is 9.59 Å². The average molecular weight is 300 g/mol. The lowest BCUT2D eigenvalue weighted by Crippen LogP contribution is -2.17. The first-order valence-electron chi connectivity index (χ1n) is 5.25. The van der Waals surface area contributed by atoms with Crippen molar-refractivity contribution in [2.24, 2.45) is 5.92 Å². The van der Waals surface area contributed by atoms with Crippen LogP contribution >= 0.6 is 15.9 Å². The van der Waals surface area contributed by atoms with Gasteiger partial charge in [-0.15, -0.1) is 0 Å². The number of rotatable bonds is 5. The lowest BCUT2D eigenvalue weighted by atomic mass is 10.0. The Morgan fingerprint density at radius 1 is 1.35 bits per heavy atom. The molecule has 5 heteroatoms. The minimum Gasteiger partial charge on any atom is -0.481 e. The van der Waals surface area contributed by atoms with Crippen molar-refractivity contribution in [2.45, 2.75) is 19.8 Å². The molecule has 4 nitrogen and oxygen atoms in total. The van der Waals surface area contributed by atoms with Crippen molar-refractivity contribution in [2.75, 3.05) is 5.32 Å². The number of carboxylic acids is 1. The molecule has 0 saturated heterocycles. The van der Waals surface area contributed by atoms with E-state index in [4.69, 9.17) is 5.11 Å². The number of carbonyl (C=O) groups is 2. The summed E-state index contributed by atoms with van der Waals surface area (Å²) in [6, 6.07) is 7.29. The normalized spacial score (nSPS) is 11.9. The third-order valence-electron chi connectivity index (χ3n) is 2.20. The summed E-state index contributed by atoms with van der Waals surface area (Å²) in [5, 5.41) is 11.3. The number of aliphatic carboxylic acids is 1. The molecule has 1 aromatic rings. The van der Waals surface area contributed by atoms with Crippen LogP contribution in [-0.4, -0.2) is 17.0 Å². The lowest BCUT2D eigenvalue weighted by molar-refractivity contribution is -0.138. The number of anilines is 1. The molecule has 1 atom stereocenters. The highest BCUT2D eigenvalue weighted by molar-refractivity contribution is 9.10. The summed E-state index contributed by atoms with van der Waals surface area (Å²) in [6.45, 7) is 1.74. The van der Waals surface area contributed by atoms with E-state index in [9.17, 15) is 9.59 Å². The Kier molecular flexibility index (Phi) is 5.15. The quantitative estimate of drug-likeness (QED) is 0.878. The van der Waals surface area contributed by atoms with Crippen LogP contribution in [0.3, 0.4) is 0 Å². The van der Waals surface area contributed by atoms with Crippen LogP contribution in [0.2, 0.25) is 0 Å². The van der Waals surface area contributed by atoms with Gasteiger partial charge < -0.3 is 10.4 Å². The van der Waals surface area contributed by atoms with Gasteiger partial charge in [-0.2, -0.15) is 0 Å². The second-order valence-electron chi connectivity index (χ2n) is 3.94. The molecule has 1 amide bonds. The van der Waals surface area contributed by atoms with Gasteiger partial charge in [0.25, 0.3) is 0 Å². The van der Waals surface area contributed by atoms with Crippen LogP contribution in [0, 0.1) is 5.92 Å². The number of hydrogen-bond acceptors (Lipinski definition) is 2. The smallest absolute Gasteiger partial charge is 0.303 e. The third-order valence-corrected chi connectivity index (χ3v) is 2.90. The van der Waals surface area contributed by atoms with Gasteiger partial charge in [-0.05, 0) is 34.0 Å². The van der Waals surface area contributed by atoms with Gasteiger partial charge in [-0.1, -0.05) is 19.1 Å². The Morgan fingerprint density at radius 3 is 2.59 bits per heavy atom. The largest absolute Gasteiger partial charge is 0.481 e. The number of carbonyl (C=O) groups excluding carboxylic acids is 1. The number of halogens is 1. The molecule has 0 heterocycles. The van der Waals surface area contributed by atoms with Crippen LogP contribution in [0.1, 0.15) is 19.8 Å². The summed E-state index contributed by atoms with van der Waals surface area (Å²) in [5.41, 5.74) is 0.694. The maximum absolute atomic E-state index is 11.6. The summed E-state index contributed by atoms with van der Waals surface area (Å²) < 4.78 is 0.805. The maximum Gasteiger partial charge on any atom is 0.303 e. The van der Waals surface area contributed by atoms with Crippen LogP contribution in [0.15, 0.2) is 28.7 Å². The van der Waals surface area contributed by atoms with Crippen molar-refractivity contribution in [3.63, 3.8) is 0 Å². The fourth-order valence-electron chi connectivity index (χ4n) is 1.45. The summed E-state index contributed by atoms with van der Waals surface area (Å²) >= 11 is 3.32. The van der Waals surface area contributed by atoms with E-state index in [1.165, 1.54) is 0 Å². The minimum absolute atomic E-state index is 0.00335. The van der Waals surface area contributed by atoms with Crippen LogP contribution in [0.25, 0.3) is 0 Å². The summed E-state index contributed by atoms with van der Waals surface area (Å²) in [4.78, 5) is 22.1. The Labute approximate surface area is 108 Å². The third kappa shape index (κ3) is 4.99. The Hall–Kier alpha value is -1.36. The van der Waals surface area contributed by atoms with Crippen molar-refractivity contribution in [3.05, 3.63) is 28.7 Å². The van der Waals surface area contributed by atoms with Gasteiger partial charge in [-0.25, -0.2) is 0 Å². The van der Waals surface area contributed by atoms with Gasteiger partial charge >= 0.3 is 5.97 Å². The molecule has 0 aliphatic rings. The number of para-hydroxylation sites is 1. The molecule has 0 aliphatic carbocycles. The van der Waals surface area contributed by atoms with Crippen LogP contribution < -0.4 is 5.32 Å². The van der Waals surface area contributed by atoms with Gasteiger partial charge in [0.15, 0.2) is 0 Å². The zero-order valence-corrected chi connectivity index (χ0v) is 11.0. The highest BCUT2D eigenvalue weighted by atomic mass is 79.9. The molecular formula is C12H14BrNO3. The second-order valence-corrected chi connectivity index (χ2v) is 4.79. The lowest BCUT2D eigenvalue weighted by Gasteiger charge is -2.10. The number of carboxylic acid groups (broad SMARTS) is 1. The fourth-order valence-corrected chi connectivity index (χ4v) is 1.83. The van der Waals surface area contributed by atoms with Crippen LogP contribution in [0.5, 0.6) is 0 Å². The molecule has 1 rings (SSSR count). The molecule has 0 aliphatic heterocycles. The van der Waals surface area contributed by atoms with E-state index < -0.39 is 5.97 Å². The van der Waals surface area contributed by atoms with E-state index in [0.717, 1.165) is 4.47 Å². The van der Waals surface area contributed by atoms with E-state index in [1.54, 1.807) is 13.0 Å². The number of amides is 1. The van der Waals surface area contributed by atoms with Gasteiger partial charge in [0, 0.05) is 17.3 Å². The average Bonchev–Trinajstić information content (AvgIpc) is 2.19. The number of benzene rings is 1. The van der Waals surface area contributed by atoms with Crippen molar-refractivity contribution in [1.29, 1.82) is 0 Å². The first-order valence-corrected chi connectivity index (χ1v) is 6.04. The van der Waals surface area contributed by atoms with E-state index >= 15 is 0 Å². The Balaban J connectivity index is 2.50. The number of hydrogen-bond donors (Lipinski definition) is 2. The fraction of sp³-hybridized carbons (Fsp3) is 0.333. The zero-order chi connectivity index (χ0) is 12.8. The predicted molar refractivity (Wildman–Crippen MR) is 68.8 cm³/mol. The minimum atomic E-state index is -0.883. The van der Waals surface area contributed by atoms with Crippen molar-refractivity contribution in [1.82, 2.24) is 0 Å². The highest BCUT2D eigenvalue weighted by Gasteiger charge is 2.13. The Morgan fingerprint density at radius 2 is 2.00 bits per heavy atom. The standard InChI is InChI=1S/C12H14BrNO3/c1-8(7-12(16)17)6-11(15)14-10-5-3-2-4-9(10)13/h2-5,8H,6-7H2,1H3,(H,14,15)(H,16,17). The molecule has 1 unspecified atom stereocenters. The summed E-state index contributed by atoms with van der Waals surface area (Å²) in [7, 11) is 0. The number of nitrogens with one attached hydrogen (secondary N) is 1. The summed E-state index contributed by atoms with van der Waals surface area (Å²) in [6.07, 6.45) is 0.205. The molecule has 0 aromatic heterocycles. The van der Waals surface area contributed by atoms with E-state index in [0.29, 0.717) is 5.69 Å².